The molecule has 1 aliphatic heterocycles. The number of nitrogens with two attached hydrogens (primary N) is 1. The number of anilines is 1. The Bertz CT molecular complexity index is 621. The largest absolute Gasteiger partial charge is 0.382 e. The summed E-state index contributed by atoms with van der Waals surface area (Å²) in [6.45, 7) is 1.76. The van der Waals surface area contributed by atoms with E-state index in [1.54, 1.807) is 6.20 Å². The molecular formula is C15H16N4. The van der Waals surface area contributed by atoms with Crippen molar-refractivity contribution in [2.45, 2.75) is 13.0 Å². The molecule has 96 valence electrons. The molecule has 0 spiro atoms. The molecule has 2 aromatic rings. The fourth-order valence-corrected chi connectivity index (χ4v) is 2.59. The van der Waals surface area contributed by atoms with Crippen molar-refractivity contribution in [2.75, 3.05) is 11.4 Å². The van der Waals surface area contributed by atoms with Crippen LogP contribution in [0.2, 0.25) is 0 Å². The highest BCUT2D eigenvalue weighted by atomic mass is 15.1. The molecule has 4 heteroatoms. The lowest BCUT2D eigenvalue weighted by Crippen LogP contribution is -2.23. The second kappa shape index (κ2) is 4.72. The van der Waals surface area contributed by atoms with Gasteiger partial charge >= 0.3 is 0 Å². The van der Waals surface area contributed by atoms with Gasteiger partial charge in [-0.25, -0.2) is 0 Å². The first-order valence-electron chi connectivity index (χ1n) is 6.37. The van der Waals surface area contributed by atoms with E-state index in [0.717, 1.165) is 25.1 Å². The van der Waals surface area contributed by atoms with Gasteiger partial charge in [-0.05, 0) is 24.1 Å². The van der Waals surface area contributed by atoms with Crippen LogP contribution in [-0.4, -0.2) is 17.4 Å². The van der Waals surface area contributed by atoms with E-state index < -0.39 is 0 Å². The topological polar surface area (TPSA) is 66.0 Å². The lowest BCUT2D eigenvalue weighted by atomic mass is 10.1. The Labute approximate surface area is 112 Å². The van der Waals surface area contributed by atoms with Crippen LogP contribution in [0.25, 0.3) is 0 Å². The van der Waals surface area contributed by atoms with E-state index in [9.17, 15) is 0 Å². The van der Waals surface area contributed by atoms with Crippen LogP contribution >= 0.6 is 0 Å². The van der Waals surface area contributed by atoms with E-state index in [4.69, 9.17) is 11.1 Å². The molecule has 4 nitrogen and oxygen atoms in total. The first kappa shape index (κ1) is 11.7. The third kappa shape index (κ3) is 2.17. The molecule has 0 fully saturated rings. The lowest BCUT2D eigenvalue weighted by molar-refractivity contribution is 0.830. The molecule has 0 bridgehead atoms. The zero-order valence-electron chi connectivity index (χ0n) is 10.6. The Hall–Kier alpha value is -2.36. The van der Waals surface area contributed by atoms with E-state index in [1.165, 1.54) is 11.3 Å². The van der Waals surface area contributed by atoms with Crippen LogP contribution in [-0.2, 0) is 13.0 Å². The molecule has 3 rings (SSSR count). The van der Waals surface area contributed by atoms with E-state index in [-0.39, 0.29) is 5.84 Å². The maximum absolute atomic E-state index is 7.59. The normalized spacial score (nSPS) is 13.4. The summed E-state index contributed by atoms with van der Waals surface area (Å²) in [5, 5.41) is 7.59. The highest BCUT2D eigenvalue weighted by Crippen LogP contribution is 2.29. The third-order valence-corrected chi connectivity index (χ3v) is 3.49. The summed E-state index contributed by atoms with van der Waals surface area (Å²) in [6, 6.07) is 12.3. The van der Waals surface area contributed by atoms with Crippen molar-refractivity contribution in [1.82, 2.24) is 4.98 Å². The van der Waals surface area contributed by atoms with Crippen molar-refractivity contribution in [3.8, 4) is 0 Å². The number of benzene rings is 1. The molecule has 3 N–H and O–H groups in total. The van der Waals surface area contributed by atoms with Crippen LogP contribution in [0.5, 0.6) is 0 Å². The van der Waals surface area contributed by atoms with Crippen molar-refractivity contribution >= 4 is 11.5 Å². The summed E-state index contributed by atoms with van der Waals surface area (Å²) in [5.41, 5.74) is 9.85. The first-order chi connectivity index (χ1) is 9.25. The molecule has 19 heavy (non-hydrogen) atoms. The molecular weight excluding hydrogens is 236 g/mol. The number of amidine groups is 1. The molecule has 1 aromatic heterocycles. The summed E-state index contributed by atoms with van der Waals surface area (Å²) >= 11 is 0. The van der Waals surface area contributed by atoms with Gasteiger partial charge in [0.05, 0.1) is 0 Å². The molecule has 0 aliphatic carbocycles. The number of fused-ring (bicyclic) bond motifs is 1. The number of rotatable bonds is 3. The summed E-state index contributed by atoms with van der Waals surface area (Å²) in [4.78, 5) is 6.52. The molecule has 0 amide bonds. The Morgan fingerprint density at radius 2 is 2.11 bits per heavy atom. The summed E-state index contributed by atoms with van der Waals surface area (Å²) in [5.74, 6) is 0.0306. The predicted octanol–water partition coefficient (Wildman–Crippen LogP) is 1.93. The van der Waals surface area contributed by atoms with Gasteiger partial charge < -0.3 is 10.6 Å². The number of hydrogen-bond acceptors (Lipinski definition) is 3. The predicted molar refractivity (Wildman–Crippen MR) is 76.4 cm³/mol. The average molecular weight is 252 g/mol. The van der Waals surface area contributed by atoms with E-state index in [2.05, 4.69) is 34.1 Å². The summed E-state index contributed by atoms with van der Waals surface area (Å²) in [6.07, 6.45) is 2.75. The second-order valence-corrected chi connectivity index (χ2v) is 4.73. The molecule has 0 saturated heterocycles. The van der Waals surface area contributed by atoms with Gasteiger partial charge in [0.15, 0.2) is 0 Å². The molecule has 0 saturated carbocycles. The van der Waals surface area contributed by atoms with Crippen LogP contribution in [0, 0.1) is 5.41 Å². The Balaban J connectivity index is 1.90. The Morgan fingerprint density at radius 3 is 2.95 bits per heavy atom. The molecule has 0 radical (unpaired) electrons. The molecule has 2 heterocycles. The van der Waals surface area contributed by atoms with E-state index in [1.807, 2.05) is 12.1 Å². The Kier molecular flexibility index (Phi) is 2.91. The van der Waals surface area contributed by atoms with E-state index in [0.29, 0.717) is 5.69 Å². The van der Waals surface area contributed by atoms with Gasteiger partial charge in [0.25, 0.3) is 0 Å². The SMILES string of the molecule is N=C(N)c1ncccc1CN1CCc2ccccc21. The fourth-order valence-electron chi connectivity index (χ4n) is 2.59. The minimum absolute atomic E-state index is 0.0306. The lowest BCUT2D eigenvalue weighted by Gasteiger charge is -2.20. The third-order valence-electron chi connectivity index (χ3n) is 3.49. The maximum atomic E-state index is 7.59. The van der Waals surface area contributed by atoms with Crippen LogP contribution in [0.3, 0.4) is 0 Å². The van der Waals surface area contributed by atoms with Gasteiger partial charge in [-0.1, -0.05) is 24.3 Å². The van der Waals surface area contributed by atoms with E-state index >= 15 is 0 Å². The highest BCUT2D eigenvalue weighted by molar-refractivity contribution is 5.94. The molecule has 1 aliphatic rings. The van der Waals surface area contributed by atoms with Crippen molar-refractivity contribution in [2.24, 2.45) is 5.73 Å². The molecule has 0 atom stereocenters. The number of aromatic nitrogens is 1. The maximum Gasteiger partial charge on any atom is 0.142 e. The number of hydrogen-bond donors (Lipinski definition) is 2. The van der Waals surface area contributed by atoms with Gasteiger partial charge in [-0.15, -0.1) is 0 Å². The van der Waals surface area contributed by atoms with Gasteiger partial charge in [0.2, 0.25) is 0 Å². The van der Waals surface area contributed by atoms with Crippen molar-refractivity contribution in [3.05, 3.63) is 59.4 Å². The minimum Gasteiger partial charge on any atom is -0.382 e. The number of para-hydroxylation sites is 1. The van der Waals surface area contributed by atoms with Crippen LogP contribution in [0.4, 0.5) is 5.69 Å². The number of pyridine rings is 1. The smallest absolute Gasteiger partial charge is 0.142 e. The first-order valence-corrected chi connectivity index (χ1v) is 6.37. The quantitative estimate of drug-likeness (QED) is 0.648. The number of nitrogens with zero attached hydrogens (tertiary/aromatic N) is 2. The van der Waals surface area contributed by atoms with Gasteiger partial charge in [-0.2, -0.15) is 0 Å². The van der Waals surface area contributed by atoms with Gasteiger partial charge in [-0.3, -0.25) is 10.4 Å². The van der Waals surface area contributed by atoms with Crippen molar-refractivity contribution in [3.63, 3.8) is 0 Å². The highest BCUT2D eigenvalue weighted by Gasteiger charge is 2.19. The standard InChI is InChI=1S/C15H16N4/c16-15(17)14-12(5-3-8-18-14)10-19-9-7-11-4-1-2-6-13(11)19/h1-6,8H,7,9-10H2,(H3,16,17). The Morgan fingerprint density at radius 1 is 1.26 bits per heavy atom. The monoisotopic (exact) mass is 252 g/mol. The molecule has 1 aromatic carbocycles. The zero-order chi connectivity index (χ0) is 13.2. The second-order valence-electron chi connectivity index (χ2n) is 4.73. The zero-order valence-corrected chi connectivity index (χ0v) is 10.6. The summed E-state index contributed by atoms with van der Waals surface area (Å²) < 4.78 is 0. The van der Waals surface area contributed by atoms with Gasteiger partial charge in [0, 0.05) is 30.5 Å². The van der Waals surface area contributed by atoms with Gasteiger partial charge in [0.1, 0.15) is 11.5 Å². The summed E-state index contributed by atoms with van der Waals surface area (Å²) in [7, 11) is 0. The minimum atomic E-state index is 0.0306. The average Bonchev–Trinajstić information content (AvgIpc) is 2.83. The van der Waals surface area contributed by atoms with Crippen LogP contribution < -0.4 is 10.6 Å². The number of nitrogen functional groups attached to an aromatic ring is 1. The van der Waals surface area contributed by atoms with Crippen molar-refractivity contribution < 1.29 is 0 Å². The van der Waals surface area contributed by atoms with Crippen LogP contribution in [0.15, 0.2) is 42.6 Å². The van der Waals surface area contributed by atoms with Crippen LogP contribution in [0.1, 0.15) is 16.8 Å². The van der Waals surface area contributed by atoms with Crippen molar-refractivity contribution in [1.29, 1.82) is 5.41 Å². The fraction of sp³-hybridized carbons (Fsp3) is 0.200. The molecule has 0 unspecified atom stereocenters. The number of nitrogens with one attached hydrogen (secondary N) is 1.